The van der Waals surface area contributed by atoms with Crippen molar-refractivity contribution >= 4 is 11.5 Å². The fourth-order valence-electron chi connectivity index (χ4n) is 1.90. The molecule has 0 aliphatic rings. The maximum Gasteiger partial charge on any atom is 0.200 e. The average molecular weight is 363 g/mol. The molecule has 0 heterocycles. The highest BCUT2D eigenvalue weighted by molar-refractivity contribution is 6.09. The summed E-state index contributed by atoms with van der Waals surface area (Å²) in [6.07, 6.45) is 0. The third-order valence-corrected chi connectivity index (χ3v) is 3.18. The largest absolute Gasteiger partial charge is 0.378 e. The van der Waals surface area contributed by atoms with Crippen LogP contribution in [0.5, 0.6) is 0 Å². The Bertz CT molecular complexity index is 850. The van der Waals surface area contributed by atoms with E-state index in [1.807, 2.05) is 0 Å². The van der Waals surface area contributed by atoms with Gasteiger partial charge in [0.05, 0.1) is 11.3 Å². The first-order valence-electron chi connectivity index (χ1n) is 6.58. The number of rotatable bonds is 5. The molecule has 2 aromatic carbocycles. The summed E-state index contributed by atoms with van der Waals surface area (Å²) in [5.41, 5.74) is -2.53. The van der Waals surface area contributed by atoms with Gasteiger partial charge in [-0.15, -0.1) is 0 Å². The standard InChI is InChI=1S/C16H8F7NO/c1-6(5-24-9-3-2-7(17)4-8(9)18)16(25)10-11(19)13(21)15(23)14(22)12(10)20/h2-4,24H,1,5H2. The molecule has 2 rings (SSSR count). The van der Waals surface area contributed by atoms with Gasteiger partial charge in [0, 0.05) is 18.2 Å². The highest BCUT2D eigenvalue weighted by Crippen LogP contribution is 2.25. The quantitative estimate of drug-likeness (QED) is 0.278. The zero-order chi connectivity index (χ0) is 18.9. The number of benzene rings is 2. The molecular formula is C16H8F7NO. The second kappa shape index (κ2) is 6.96. The van der Waals surface area contributed by atoms with Crippen molar-refractivity contribution < 1.29 is 35.5 Å². The molecule has 0 radical (unpaired) electrons. The molecule has 0 atom stereocenters. The van der Waals surface area contributed by atoms with Crippen LogP contribution in [0.25, 0.3) is 0 Å². The van der Waals surface area contributed by atoms with Gasteiger partial charge in [0.2, 0.25) is 5.82 Å². The predicted molar refractivity (Wildman–Crippen MR) is 74.6 cm³/mol. The first-order chi connectivity index (χ1) is 11.6. The van der Waals surface area contributed by atoms with Crippen LogP contribution < -0.4 is 5.32 Å². The minimum absolute atomic E-state index is 0.257. The van der Waals surface area contributed by atoms with Gasteiger partial charge in [-0.2, -0.15) is 0 Å². The third kappa shape index (κ3) is 3.49. The molecule has 2 nitrogen and oxygen atoms in total. The predicted octanol–water partition coefficient (Wildman–Crippen LogP) is 4.51. The van der Waals surface area contributed by atoms with E-state index in [-0.39, 0.29) is 5.69 Å². The number of hydrogen-bond donors (Lipinski definition) is 1. The first kappa shape index (κ1) is 18.5. The van der Waals surface area contributed by atoms with E-state index in [9.17, 15) is 35.5 Å². The van der Waals surface area contributed by atoms with Crippen LogP contribution in [0.15, 0.2) is 30.4 Å². The lowest BCUT2D eigenvalue weighted by Crippen LogP contribution is -2.18. The van der Waals surface area contributed by atoms with Gasteiger partial charge in [0.25, 0.3) is 0 Å². The van der Waals surface area contributed by atoms with E-state index in [1.165, 1.54) is 0 Å². The molecule has 0 aliphatic carbocycles. The van der Waals surface area contributed by atoms with Crippen LogP contribution in [0.3, 0.4) is 0 Å². The molecule has 0 fully saturated rings. The summed E-state index contributed by atoms with van der Waals surface area (Å²) >= 11 is 0. The van der Waals surface area contributed by atoms with E-state index < -0.39 is 64.2 Å². The number of halogens is 7. The van der Waals surface area contributed by atoms with Gasteiger partial charge in [-0.05, 0) is 12.1 Å². The number of Topliss-reactive ketones (excluding diaryl/α,β-unsaturated/α-hetero) is 1. The van der Waals surface area contributed by atoms with Gasteiger partial charge >= 0.3 is 0 Å². The summed E-state index contributed by atoms with van der Waals surface area (Å²) in [4.78, 5) is 11.9. The molecule has 0 aliphatic heterocycles. The van der Waals surface area contributed by atoms with Crippen LogP contribution >= 0.6 is 0 Å². The van der Waals surface area contributed by atoms with Crippen molar-refractivity contribution in [2.24, 2.45) is 0 Å². The van der Waals surface area contributed by atoms with Crippen molar-refractivity contribution in [3.05, 3.63) is 76.6 Å². The van der Waals surface area contributed by atoms with E-state index in [0.717, 1.165) is 12.1 Å². The SMILES string of the molecule is C=C(CNc1ccc(F)cc1F)C(=O)c1c(F)c(F)c(F)c(F)c1F. The van der Waals surface area contributed by atoms with Gasteiger partial charge in [-0.25, -0.2) is 30.7 Å². The Morgan fingerprint density at radius 3 is 1.92 bits per heavy atom. The second-order valence-corrected chi connectivity index (χ2v) is 4.86. The maximum absolute atomic E-state index is 13.6. The van der Waals surface area contributed by atoms with Crippen LogP contribution in [-0.4, -0.2) is 12.3 Å². The minimum Gasteiger partial charge on any atom is -0.378 e. The van der Waals surface area contributed by atoms with Crippen LogP contribution in [-0.2, 0) is 0 Å². The Kier molecular flexibility index (Phi) is 5.15. The lowest BCUT2D eigenvalue weighted by molar-refractivity contribution is 0.102. The summed E-state index contributed by atoms with van der Waals surface area (Å²) in [5.74, 6) is -15.0. The molecule has 0 saturated heterocycles. The number of carbonyl (C=O) groups is 1. The summed E-state index contributed by atoms with van der Waals surface area (Å²) in [5, 5.41) is 2.30. The summed E-state index contributed by atoms with van der Waals surface area (Å²) < 4.78 is 92.6. The number of ketones is 1. The monoisotopic (exact) mass is 363 g/mol. The molecule has 25 heavy (non-hydrogen) atoms. The number of nitrogens with one attached hydrogen (secondary N) is 1. The van der Waals surface area contributed by atoms with Crippen molar-refractivity contribution in [2.45, 2.75) is 0 Å². The molecule has 0 spiro atoms. The van der Waals surface area contributed by atoms with Gasteiger partial charge in [-0.3, -0.25) is 4.79 Å². The van der Waals surface area contributed by atoms with Crippen LogP contribution in [0.4, 0.5) is 36.4 Å². The Labute approximate surface area is 136 Å². The minimum atomic E-state index is -2.40. The van der Waals surface area contributed by atoms with Crippen LogP contribution in [0.2, 0.25) is 0 Å². The van der Waals surface area contributed by atoms with E-state index in [0.29, 0.717) is 6.07 Å². The van der Waals surface area contributed by atoms with Crippen molar-refractivity contribution in [1.82, 2.24) is 0 Å². The molecule has 0 unspecified atom stereocenters. The van der Waals surface area contributed by atoms with Crippen molar-refractivity contribution in [1.29, 1.82) is 0 Å². The Morgan fingerprint density at radius 2 is 1.40 bits per heavy atom. The van der Waals surface area contributed by atoms with E-state index in [4.69, 9.17) is 0 Å². The lowest BCUT2D eigenvalue weighted by Gasteiger charge is -2.11. The van der Waals surface area contributed by atoms with Crippen LogP contribution in [0, 0.1) is 40.7 Å². The zero-order valence-corrected chi connectivity index (χ0v) is 12.2. The first-order valence-corrected chi connectivity index (χ1v) is 6.58. The van der Waals surface area contributed by atoms with Crippen molar-refractivity contribution in [3.8, 4) is 0 Å². The Hall–Kier alpha value is -2.84. The van der Waals surface area contributed by atoms with Gasteiger partial charge < -0.3 is 5.32 Å². The van der Waals surface area contributed by atoms with Crippen molar-refractivity contribution in [3.63, 3.8) is 0 Å². The normalized spacial score (nSPS) is 10.7. The van der Waals surface area contributed by atoms with Gasteiger partial charge in [0.1, 0.15) is 11.6 Å². The Morgan fingerprint density at radius 1 is 0.880 bits per heavy atom. The fourth-order valence-corrected chi connectivity index (χ4v) is 1.90. The topological polar surface area (TPSA) is 29.1 Å². The number of carbonyl (C=O) groups excluding carboxylic acids is 1. The van der Waals surface area contributed by atoms with E-state index in [2.05, 4.69) is 11.9 Å². The molecule has 132 valence electrons. The molecule has 2 aromatic rings. The molecule has 0 amide bonds. The molecule has 0 saturated carbocycles. The highest BCUT2D eigenvalue weighted by atomic mass is 19.2. The fraction of sp³-hybridized carbons (Fsp3) is 0.0625. The van der Waals surface area contributed by atoms with Gasteiger partial charge in [0.15, 0.2) is 29.1 Å². The molecule has 9 heteroatoms. The molecule has 1 N–H and O–H groups in total. The lowest BCUT2D eigenvalue weighted by atomic mass is 10.0. The maximum atomic E-state index is 13.6. The molecular weight excluding hydrogens is 355 g/mol. The zero-order valence-electron chi connectivity index (χ0n) is 12.2. The van der Waals surface area contributed by atoms with E-state index >= 15 is 0 Å². The van der Waals surface area contributed by atoms with Crippen LogP contribution in [0.1, 0.15) is 10.4 Å². The number of hydrogen-bond acceptors (Lipinski definition) is 2. The average Bonchev–Trinajstić information content (AvgIpc) is 2.57. The second-order valence-electron chi connectivity index (χ2n) is 4.86. The van der Waals surface area contributed by atoms with Gasteiger partial charge in [-0.1, -0.05) is 6.58 Å². The molecule has 0 bridgehead atoms. The summed E-state index contributed by atoms with van der Waals surface area (Å²) in [6, 6.07) is 2.43. The molecule has 0 aromatic heterocycles. The highest BCUT2D eigenvalue weighted by Gasteiger charge is 2.30. The Balaban J connectivity index is 2.25. The smallest absolute Gasteiger partial charge is 0.200 e. The van der Waals surface area contributed by atoms with Crippen molar-refractivity contribution in [2.75, 3.05) is 11.9 Å². The summed E-state index contributed by atoms with van der Waals surface area (Å²) in [7, 11) is 0. The third-order valence-electron chi connectivity index (χ3n) is 3.18. The number of anilines is 1. The summed E-state index contributed by atoms with van der Waals surface area (Å²) in [6.45, 7) is 2.59. The van der Waals surface area contributed by atoms with E-state index in [1.54, 1.807) is 0 Å².